The van der Waals surface area contributed by atoms with Crippen molar-refractivity contribution in [2.24, 2.45) is 0 Å². The molecule has 0 saturated carbocycles. The number of nitrogens with zero attached hydrogens (tertiary/aromatic N) is 1. The maximum absolute atomic E-state index is 14.8. The average Bonchev–Trinajstić information content (AvgIpc) is 3.01. The minimum atomic E-state index is -1.17. The number of fused-ring (bicyclic) bond motifs is 2. The molecule has 164 valence electrons. The number of nitrogens with one attached hydrogen (secondary N) is 1. The second-order valence-electron chi connectivity index (χ2n) is 8.79. The highest BCUT2D eigenvalue weighted by Crippen LogP contribution is 2.41. The third-order valence-corrected chi connectivity index (χ3v) is 6.28. The first kappa shape index (κ1) is 21.2. The van der Waals surface area contributed by atoms with E-state index in [4.69, 9.17) is 4.74 Å². The number of carboxylic acid groups (broad SMARTS) is 1. The van der Waals surface area contributed by atoms with E-state index in [1.165, 1.54) is 6.07 Å². The van der Waals surface area contributed by atoms with Crippen LogP contribution < -0.4 is 10.1 Å². The molecule has 2 aromatic carbocycles. The van der Waals surface area contributed by atoms with E-state index in [1.54, 1.807) is 18.2 Å². The number of hydrogen-bond acceptors (Lipinski definition) is 3. The number of aryl methyl sites for hydroxylation is 1. The lowest BCUT2D eigenvalue weighted by atomic mass is 9.86. The van der Waals surface area contributed by atoms with E-state index in [2.05, 4.69) is 5.32 Å². The van der Waals surface area contributed by atoms with Crippen LogP contribution in [0.3, 0.4) is 0 Å². The number of benzene rings is 2. The van der Waals surface area contributed by atoms with E-state index >= 15 is 0 Å². The zero-order chi connectivity index (χ0) is 22.3. The molecule has 4 rings (SSSR count). The van der Waals surface area contributed by atoms with Crippen LogP contribution in [0.1, 0.15) is 55.5 Å². The van der Waals surface area contributed by atoms with Crippen molar-refractivity contribution in [1.29, 1.82) is 0 Å². The number of carbonyl (C=O) groups excluding carboxylic acids is 1. The largest absolute Gasteiger partial charge is 0.494 e. The van der Waals surface area contributed by atoms with Gasteiger partial charge in [-0.2, -0.15) is 0 Å². The molecule has 2 amide bonds. The predicted molar refractivity (Wildman–Crippen MR) is 115 cm³/mol. The van der Waals surface area contributed by atoms with Crippen molar-refractivity contribution in [2.45, 2.75) is 51.5 Å². The highest BCUT2D eigenvalue weighted by Gasteiger charge is 2.37. The maximum atomic E-state index is 14.8. The molecule has 0 fully saturated rings. The topological polar surface area (TPSA) is 78.9 Å². The fourth-order valence-corrected chi connectivity index (χ4v) is 4.82. The van der Waals surface area contributed by atoms with Crippen LogP contribution in [0.15, 0.2) is 30.3 Å². The number of amides is 2. The molecule has 0 aromatic heterocycles. The summed E-state index contributed by atoms with van der Waals surface area (Å²) in [7, 11) is 0. The van der Waals surface area contributed by atoms with Crippen LogP contribution in [0.25, 0.3) is 0 Å². The Balaban J connectivity index is 1.66. The number of anilines is 1. The van der Waals surface area contributed by atoms with E-state index in [1.807, 2.05) is 26.8 Å². The Labute approximate surface area is 181 Å². The molecular weight excluding hydrogens is 399 g/mol. The van der Waals surface area contributed by atoms with Crippen molar-refractivity contribution in [3.05, 3.63) is 58.4 Å². The summed E-state index contributed by atoms with van der Waals surface area (Å²) in [6, 6.07) is 7.46. The molecule has 2 aromatic rings. The molecule has 1 aliphatic heterocycles. The van der Waals surface area contributed by atoms with Gasteiger partial charge in [-0.15, -0.1) is 0 Å². The van der Waals surface area contributed by atoms with Gasteiger partial charge in [0.15, 0.2) is 0 Å². The van der Waals surface area contributed by atoms with Crippen LogP contribution in [-0.2, 0) is 23.1 Å². The van der Waals surface area contributed by atoms with Gasteiger partial charge in [-0.3, -0.25) is 9.69 Å². The lowest BCUT2D eigenvalue weighted by Crippen LogP contribution is -2.44. The van der Waals surface area contributed by atoms with Crippen molar-refractivity contribution in [1.82, 2.24) is 4.90 Å². The standard InChI is InChI=1S/C24H27FN2O4/c1-4-31-17-5-6-18-14(12-17)8-10-27(23(29)30)21(18)22(28)26-16-11-15-7-9-24(2,3)20(15)19(25)13-16/h5-6,11-13,21H,4,7-10H2,1-3H3,(H,26,28)(H,29,30)/t21-/m1/s1. The summed E-state index contributed by atoms with van der Waals surface area (Å²) in [5, 5.41) is 12.4. The predicted octanol–water partition coefficient (Wildman–Crippen LogP) is 4.66. The number of hydrogen-bond donors (Lipinski definition) is 2. The Morgan fingerprint density at radius 3 is 2.71 bits per heavy atom. The van der Waals surface area contributed by atoms with Crippen molar-refractivity contribution < 1.29 is 23.8 Å². The molecule has 2 N–H and O–H groups in total. The Hall–Kier alpha value is -3.09. The third kappa shape index (κ3) is 3.84. The molecular formula is C24H27FN2O4. The molecule has 6 nitrogen and oxygen atoms in total. The molecule has 0 spiro atoms. The number of carbonyl (C=O) groups is 2. The molecule has 1 aliphatic carbocycles. The lowest BCUT2D eigenvalue weighted by molar-refractivity contribution is -0.121. The first-order valence-electron chi connectivity index (χ1n) is 10.6. The van der Waals surface area contributed by atoms with E-state index in [9.17, 15) is 19.1 Å². The molecule has 0 radical (unpaired) electrons. The zero-order valence-electron chi connectivity index (χ0n) is 18.0. The van der Waals surface area contributed by atoms with Crippen LogP contribution in [0.2, 0.25) is 0 Å². The summed E-state index contributed by atoms with van der Waals surface area (Å²) in [6.45, 7) is 6.63. The summed E-state index contributed by atoms with van der Waals surface area (Å²) in [4.78, 5) is 26.2. The van der Waals surface area contributed by atoms with Gasteiger partial charge in [-0.25, -0.2) is 9.18 Å². The van der Waals surface area contributed by atoms with Crippen molar-refractivity contribution in [3.8, 4) is 5.75 Å². The maximum Gasteiger partial charge on any atom is 0.408 e. The van der Waals surface area contributed by atoms with Crippen molar-refractivity contribution in [3.63, 3.8) is 0 Å². The molecule has 7 heteroatoms. The highest BCUT2D eigenvalue weighted by atomic mass is 19.1. The summed E-state index contributed by atoms with van der Waals surface area (Å²) in [5.41, 5.74) is 3.21. The molecule has 1 heterocycles. The van der Waals surface area contributed by atoms with E-state index < -0.39 is 18.0 Å². The summed E-state index contributed by atoms with van der Waals surface area (Å²) in [5.74, 6) is -0.146. The Morgan fingerprint density at radius 2 is 2.00 bits per heavy atom. The van der Waals surface area contributed by atoms with Gasteiger partial charge in [0.1, 0.15) is 17.6 Å². The van der Waals surface area contributed by atoms with Gasteiger partial charge in [0.2, 0.25) is 0 Å². The van der Waals surface area contributed by atoms with Crippen LogP contribution in [0.4, 0.5) is 14.9 Å². The average molecular weight is 426 g/mol. The van der Waals surface area contributed by atoms with Gasteiger partial charge in [0.25, 0.3) is 5.91 Å². The quantitative estimate of drug-likeness (QED) is 0.745. The molecule has 0 unspecified atom stereocenters. The number of rotatable bonds is 4. The molecule has 1 atom stereocenters. The zero-order valence-corrected chi connectivity index (χ0v) is 18.0. The minimum absolute atomic E-state index is 0.197. The second-order valence-corrected chi connectivity index (χ2v) is 8.79. The van der Waals surface area contributed by atoms with Crippen LogP contribution in [0, 0.1) is 5.82 Å². The van der Waals surface area contributed by atoms with Gasteiger partial charge in [0, 0.05) is 12.2 Å². The normalized spacial score (nSPS) is 18.8. The molecule has 31 heavy (non-hydrogen) atoms. The monoisotopic (exact) mass is 426 g/mol. The van der Waals surface area contributed by atoms with E-state index in [0.29, 0.717) is 35.6 Å². The summed E-state index contributed by atoms with van der Waals surface area (Å²) >= 11 is 0. The van der Waals surface area contributed by atoms with Crippen LogP contribution in [-0.4, -0.2) is 35.2 Å². The van der Waals surface area contributed by atoms with Crippen molar-refractivity contribution in [2.75, 3.05) is 18.5 Å². The van der Waals surface area contributed by atoms with Crippen LogP contribution in [0.5, 0.6) is 5.75 Å². The first-order chi connectivity index (χ1) is 14.7. The number of halogens is 1. The van der Waals surface area contributed by atoms with E-state index in [0.717, 1.165) is 28.9 Å². The van der Waals surface area contributed by atoms with Gasteiger partial charge in [0.05, 0.1) is 6.61 Å². The third-order valence-electron chi connectivity index (χ3n) is 6.28. The molecule has 2 aliphatic rings. The number of ether oxygens (including phenoxy) is 1. The highest BCUT2D eigenvalue weighted by molar-refractivity contribution is 5.97. The fraction of sp³-hybridized carbons (Fsp3) is 0.417. The SMILES string of the molecule is CCOc1ccc2c(c1)CCN(C(=O)O)[C@H]2C(=O)Nc1cc(F)c2c(c1)CCC2(C)C. The summed E-state index contributed by atoms with van der Waals surface area (Å²) < 4.78 is 20.4. The Kier molecular flexibility index (Phi) is 5.37. The molecule has 0 saturated heterocycles. The lowest BCUT2D eigenvalue weighted by Gasteiger charge is -2.34. The van der Waals surface area contributed by atoms with Crippen molar-refractivity contribution >= 4 is 17.7 Å². The van der Waals surface area contributed by atoms with Gasteiger partial charge < -0.3 is 15.2 Å². The Bertz CT molecular complexity index is 1050. The van der Waals surface area contributed by atoms with Crippen LogP contribution >= 0.6 is 0 Å². The second kappa shape index (κ2) is 7.87. The summed E-state index contributed by atoms with van der Waals surface area (Å²) in [6.07, 6.45) is 0.925. The van der Waals surface area contributed by atoms with Gasteiger partial charge >= 0.3 is 6.09 Å². The smallest absolute Gasteiger partial charge is 0.408 e. The first-order valence-corrected chi connectivity index (χ1v) is 10.6. The van der Waals surface area contributed by atoms with Gasteiger partial charge in [-0.05, 0) is 78.1 Å². The van der Waals surface area contributed by atoms with E-state index in [-0.39, 0.29) is 17.8 Å². The minimum Gasteiger partial charge on any atom is -0.494 e. The molecule has 0 bridgehead atoms. The van der Waals surface area contributed by atoms with Gasteiger partial charge in [-0.1, -0.05) is 19.9 Å². The Morgan fingerprint density at radius 1 is 1.23 bits per heavy atom. The fourth-order valence-electron chi connectivity index (χ4n) is 4.82.